The Labute approximate surface area is 228 Å². The number of methoxy groups -OCH3 is 1. The highest BCUT2D eigenvalue weighted by atomic mass is 31.2. The molecule has 2 heterocycles. The predicted octanol–water partition coefficient (Wildman–Crippen LogP) is 3.33. The van der Waals surface area contributed by atoms with E-state index >= 15 is 0 Å². The molecule has 2 unspecified atom stereocenters. The second-order valence-electron chi connectivity index (χ2n) is 9.07. The largest absolute Gasteiger partial charge is 0.488 e. The summed E-state index contributed by atoms with van der Waals surface area (Å²) in [6.45, 7) is 7.51. The van der Waals surface area contributed by atoms with Crippen molar-refractivity contribution in [1.29, 1.82) is 0 Å². The first-order chi connectivity index (χ1) is 18.7. The van der Waals surface area contributed by atoms with E-state index in [2.05, 4.69) is 22.1 Å². The summed E-state index contributed by atoms with van der Waals surface area (Å²) in [5, 5.41) is 7.25. The molecule has 212 valence electrons. The van der Waals surface area contributed by atoms with Crippen molar-refractivity contribution < 1.29 is 37.9 Å². The summed E-state index contributed by atoms with van der Waals surface area (Å²) < 4.78 is 39.2. The number of H-pyrrole nitrogens is 1. The first kappa shape index (κ1) is 30.3. The molecule has 2 atom stereocenters. The van der Waals surface area contributed by atoms with Gasteiger partial charge in [-0.2, -0.15) is 0 Å². The topological polar surface area (TPSA) is 132 Å². The number of carbonyl (C=O) groups excluding carboxylic acids is 1. The van der Waals surface area contributed by atoms with Gasteiger partial charge in [0.25, 0.3) is 0 Å². The van der Waals surface area contributed by atoms with Crippen LogP contribution in [-0.4, -0.2) is 92.7 Å². The maximum Gasteiger partial charge on any atom is 0.233 e. The number of aromatic nitrogens is 2. The molecule has 11 nitrogen and oxygen atoms in total. The average molecular weight is 562 g/mol. The number of benzene rings is 2. The van der Waals surface area contributed by atoms with Gasteiger partial charge in [-0.15, -0.1) is 5.10 Å². The lowest BCUT2D eigenvalue weighted by atomic mass is 10.1. The minimum Gasteiger partial charge on any atom is -0.488 e. The third kappa shape index (κ3) is 10.1. The molecule has 1 fully saturated rings. The minimum absolute atomic E-state index is 0.0924. The van der Waals surface area contributed by atoms with Crippen LogP contribution < -0.4 is 19.5 Å². The summed E-state index contributed by atoms with van der Waals surface area (Å²) in [4.78, 5) is 22.5. The van der Waals surface area contributed by atoms with Crippen LogP contribution >= 0.6 is 7.37 Å². The number of nitrogens with one attached hydrogen (secondary N) is 1. The van der Waals surface area contributed by atoms with E-state index in [0.717, 1.165) is 31.9 Å². The first-order valence-electron chi connectivity index (χ1n) is 12.5. The highest BCUT2D eigenvalue weighted by Gasteiger charge is 2.15. The van der Waals surface area contributed by atoms with Gasteiger partial charge in [-0.05, 0) is 50.4 Å². The molecule has 0 aliphatic carbocycles. The molecule has 1 saturated heterocycles. The maximum atomic E-state index is 11.8. The molecule has 4 rings (SSSR count). The van der Waals surface area contributed by atoms with Crippen LogP contribution in [0.15, 0.2) is 48.5 Å². The van der Waals surface area contributed by atoms with Crippen molar-refractivity contribution in [3.63, 3.8) is 0 Å². The molecule has 3 aromatic rings. The fourth-order valence-electron chi connectivity index (χ4n) is 3.58. The summed E-state index contributed by atoms with van der Waals surface area (Å²) in [5.41, 5.74) is 1.36. The second kappa shape index (κ2) is 14.8. The molecule has 0 radical (unpaired) electrons. The van der Waals surface area contributed by atoms with Crippen molar-refractivity contribution in [2.24, 2.45) is 0 Å². The zero-order valence-electron chi connectivity index (χ0n) is 22.7. The summed E-state index contributed by atoms with van der Waals surface area (Å²) in [5.74, 6) is 1.83. The summed E-state index contributed by atoms with van der Waals surface area (Å²) in [6.07, 6.45) is 0.449. The average Bonchev–Trinajstić information content (AvgIpc) is 3.37. The summed E-state index contributed by atoms with van der Waals surface area (Å²) >= 11 is 0. The molecule has 1 aliphatic heterocycles. The third-order valence-corrected chi connectivity index (χ3v) is 6.83. The van der Waals surface area contributed by atoms with Crippen molar-refractivity contribution in [3.8, 4) is 34.4 Å². The monoisotopic (exact) mass is 561 g/mol. The van der Waals surface area contributed by atoms with E-state index in [1.54, 1.807) is 49.6 Å². The molecular weight excluding hydrogens is 525 g/mol. The molecule has 0 bridgehead atoms. The molecule has 2 aromatic carbocycles. The van der Waals surface area contributed by atoms with Crippen molar-refractivity contribution in [2.75, 3.05) is 60.3 Å². The Morgan fingerprint density at radius 1 is 1.13 bits per heavy atom. The van der Waals surface area contributed by atoms with Gasteiger partial charge in [0.1, 0.15) is 30.0 Å². The van der Waals surface area contributed by atoms with Gasteiger partial charge in [-0.3, -0.25) is 14.5 Å². The van der Waals surface area contributed by atoms with Gasteiger partial charge in [0.15, 0.2) is 6.29 Å². The van der Waals surface area contributed by atoms with Crippen LogP contribution in [0, 0.1) is 0 Å². The SMILES string of the molecule is CN1CCOCC1.COCC(C)Oc1cc(Oc2ccc(P(C)(=O)O)cc2)cc(-c2cc(OCC=O)n[nH]2)c1. The fourth-order valence-corrected chi connectivity index (χ4v) is 4.28. The number of ether oxygens (including phenoxy) is 5. The standard InChI is InChI=1S/C22H25N2O7P.C5H11NO/c1-15(14-28-2)30-18-10-16(21-13-22(24-23-21)29-9-8-25)11-19(12-18)31-17-4-6-20(7-5-17)32(3,26)27;1-6-2-4-7-5-3-6/h4-8,10-13,15H,9,14H2,1-3H3,(H,23,24)(H,26,27);2-5H2,1H3. The Bertz CT molecular complexity index is 1220. The number of hydrogen-bond acceptors (Lipinski definition) is 9. The van der Waals surface area contributed by atoms with Gasteiger partial charge in [-0.1, -0.05) is 0 Å². The number of hydrogen-bond donors (Lipinski definition) is 2. The Morgan fingerprint density at radius 3 is 2.41 bits per heavy atom. The second-order valence-corrected chi connectivity index (χ2v) is 11.3. The number of morpholine rings is 1. The van der Waals surface area contributed by atoms with E-state index in [9.17, 15) is 14.3 Å². The van der Waals surface area contributed by atoms with Crippen molar-refractivity contribution >= 4 is 19.0 Å². The van der Waals surface area contributed by atoms with Gasteiger partial charge < -0.3 is 33.5 Å². The van der Waals surface area contributed by atoms with Crippen LogP contribution in [0.3, 0.4) is 0 Å². The first-order valence-corrected chi connectivity index (χ1v) is 14.6. The molecular formula is C27H36N3O8P. The van der Waals surface area contributed by atoms with Crippen molar-refractivity contribution in [3.05, 3.63) is 48.5 Å². The Balaban J connectivity index is 0.000000520. The van der Waals surface area contributed by atoms with E-state index in [1.165, 1.54) is 6.66 Å². The van der Waals surface area contributed by atoms with E-state index in [0.29, 0.717) is 41.1 Å². The molecule has 1 aliphatic rings. The Morgan fingerprint density at radius 2 is 1.82 bits per heavy atom. The molecule has 0 saturated carbocycles. The lowest BCUT2D eigenvalue weighted by molar-refractivity contribution is -0.109. The number of aldehydes is 1. The molecule has 12 heteroatoms. The number of nitrogens with zero attached hydrogens (tertiary/aromatic N) is 2. The molecule has 0 spiro atoms. The van der Waals surface area contributed by atoms with Gasteiger partial charge in [-0.25, -0.2) is 0 Å². The smallest absolute Gasteiger partial charge is 0.233 e. The van der Waals surface area contributed by atoms with Crippen molar-refractivity contribution in [1.82, 2.24) is 15.1 Å². The number of likely N-dealkylation sites (N-methyl/N-ethyl adjacent to an activating group) is 1. The number of rotatable bonds is 11. The summed E-state index contributed by atoms with van der Waals surface area (Å²) in [6, 6.07) is 13.4. The predicted molar refractivity (Wildman–Crippen MR) is 148 cm³/mol. The number of carbonyl (C=O) groups is 1. The maximum absolute atomic E-state index is 11.8. The summed E-state index contributed by atoms with van der Waals surface area (Å²) in [7, 11) is 0.375. The number of aromatic amines is 1. The van der Waals surface area contributed by atoms with Crippen LogP contribution in [0.2, 0.25) is 0 Å². The van der Waals surface area contributed by atoms with E-state index in [-0.39, 0.29) is 18.6 Å². The van der Waals surface area contributed by atoms with Gasteiger partial charge >= 0.3 is 0 Å². The molecule has 1 aromatic heterocycles. The van der Waals surface area contributed by atoms with Gasteiger partial charge in [0.05, 0.1) is 25.5 Å². The van der Waals surface area contributed by atoms with E-state index < -0.39 is 7.37 Å². The molecule has 39 heavy (non-hydrogen) atoms. The quantitative estimate of drug-likeness (QED) is 0.265. The zero-order valence-corrected chi connectivity index (χ0v) is 23.6. The minimum atomic E-state index is -3.34. The zero-order chi connectivity index (χ0) is 28.3. The van der Waals surface area contributed by atoms with Crippen LogP contribution in [-0.2, 0) is 18.8 Å². The van der Waals surface area contributed by atoms with Gasteiger partial charge in [0.2, 0.25) is 13.2 Å². The van der Waals surface area contributed by atoms with Crippen molar-refractivity contribution in [2.45, 2.75) is 13.0 Å². The normalized spacial score (nSPS) is 15.8. The Hall–Kier alpha value is -3.21. The van der Waals surface area contributed by atoms with Crippen LogP contribution in [0.4, 0.5) is 0 Å². The van der Waals surface area contributed by atoms with Gasteiger partial charge in [0, 0.05) is 49.9 Å². The lowest BCUT2D eigenvalue weighted by Crippen LogP contribution is -2.32. The highest BCUT2D eigenvalue weighted by molar-refractivity contribution is 7.65. The molecule has 0 amide bonds. The van der Waals surface area contributed by atoms with Crippen LogP contribution in [0.5, 0.6) is 23.1 Å². The van der Waals surface area contributed by atoms with Crippen LogP contribution in [0.1, 0.15) is 6.92 Å². The lowest BCUT2D eigenvalue weighted by Gasteiger charge is -2.21. The van der Waals surface area contributed by atoms with E-state index in [1.807, 2.05) is 13.0 Å². The third-order valence-electron chi connectivity index (χ3n) is 5.57. The fraction of sp³-hybridized carbons (Fsp3) is 0.407. The Kier molecular flexibility index (Phi) is 11.5. The molecule has 2 N–H and O–H groups in total. The van der Waals surface area contributed by atoms with E-state index in [4.69, 9.17) is 23.7 Å². The highest BCUT2D eigenvalue weighted by Crippen LogP contribution is 2.36. The van der Waals surface area contributed by atoms with Crippen LogP contribution in [0.25, 0.3) is 11.3 Å².